The number of amides is 1. The van der Waals surface area contributed by atoms with Gasteiger partial charge in [0.2, 0.25) is 0 Å². The fraction of sp³-hybridized carbons (Fsp3) is 0.333. The predicted molar refractivity (Wildman–Crippen MR) is 166 cm³/mol. The van der Waals surface area contributed by atoms with E-state index in [2.05, 4.69) is 20.9 Å². The summed E-state index contributed by atoms with van der Waals surface area (Å²) in [5.74, 6) is -0.531. The molecule has 0 saturated carbocycles. The second-order valence-corrected chi connectivity index (χ2v) is 11.8. The van der Waals surface area contributed by atoms with Gasteiger partial charge in [-0.25, -0.2) is 14.2 Å². The third-order valence-electron chi connectivity index (χ3n) is 8.77. The first-order chi connectivity index (χ1) is 20.9. The van der Waals surface area contributed by atoms with Crippen LogP contribution < -0.4 is 5.32 Å². The number of nitrogens with one attached hydrogen (secondary N) is 1. The lowest BCUT2D eigenvalue weighted by molar-refractivity contribution is 0.117. The molecule has 43 heavy (non-hydrogen) atoms. The molecule has 1 N–H and O–H groups in total. The zero-order valence-electron chi connectivity index (χ0n) is 24.3. The van der Waals surface area contributed by atoms with Crippen molar-refractivity contribution in [2.45, 2.75) is 45.2 Å². The van der Waals surface area contributed by atoms with Crippen molar-refractivity contribution in [1.29, 1.82) is 0 Å². The Labute approximate surface area is 253 Å². The molecule has 10 heteroatoms. The second kappa shape index (κ2) is 10.9. The Balaban J connectivity index is 1.58. The molecule has 2 atom stereocenters. The fourth-order valence-corrected chi connectivity index (χ4v) is 6.96. The molecule has 2 unspecified atom stereocenters. The maximum absolute atomic E-state index is 16.7. The van der Waals surface area contributed by atoms with Gasteiger partial charge in [0, 0.05) is 53.1 Å². The summed E-state index contributed by atoms with van der Waals surface area (Å²) >= 11 is 6.64. The lowest BCUT2D eigenvalue weighted by atomic mass is 10.0. The fourth-order valence-electron chi connectivity index (χ4n) is 6.74. The Morgan fingerprint density at radius 2 is 1.93 bits per heavy atom. The van der Waals surface area contributed by atoms with Gasteiger partial charge in [0.25, 0.3) is 0 Å². The number of carbonyl (C=O) groups is 1. The summed E-state index contributed by atoms with van der Waals surface area (Å²) in [6.45, 7) is 6.06. The number of fused-ring (bicyclic) bond motifs is 3. The molecule has 2 aliphatic heterocycles. The number of ether oxygens (including phenoxy) is 1. The SMILES string of the molecule is COC(=O)N1CCCC1c1cc2c(-c3cccc(C)n3)nc3c(F)c(-c4cccc(C)c4Cl)ncc3c2n1C1CCNC1. The van der Waals surface area contributed by atoms with E-state index >= 15 is 4.39 Å². The molecule has 2 aliphatic rings. The van der Waals surface area contributed by atoms with Gasteiger partial charge in [-0.15, -0.1) is 0 Å². The van der Waals surface area contributed by atoms with Crippen molar-refractivity contribution in [1.82, 2.24) is 29.7 Å². The summed E-state index contributed by atoms with van der Waals surface area (Å²) in [5, 5.41) is 5.41. The molecular weight excluding hydrogens is 567 g/mol. The summed E-state index contributed by atoms with van der Waals surface area (Å²) in [6.07, 6.45) is 3.94. The molecule has 2 saturated heterocycles. The van der Waals surface area contributed by atoms with E-state index in [4.69, 9.17) is 26.3 Å². The minimum Gasteiger partial charge on any atom is -0.453 e. The van der Waals surface area contributed by atoms with E-state index in [0.29, 0.717) is 33.9 Å². The van der Waals surface area contributed by atoms with Crippen molar-refractivity contribution in [2.75, 3.05) is 26.7 Å². The average Bonchev–Trinajstić information content (AvgIpc) is 3.78. The number of aromatic nitrogens is 4. The van der Waals surface area contributed by atoms with Crippen molar-refractivity contribution in [3.8, 4) is 22.6 Å². The molecule has 1 amide bonds. The third kappa shape index (κ3) is 4.53. The highest BCUT2D eigenvalue weighted by atomic mass is 35.5. The quantitative estimate of drug-likeness (QED) is 0.236. The van der Waals surface area contributed by atoms with Crippen molar-refractivity contribution < 1.29 is 13.9 Å². The van der Waals surface area contributed by atoms with Crippen LogP contribution in [0.4, 0.5) is 9.18 Å². The summed E-state index contributed by atoms with van der Waals surface area (Å²) in [4.78, 5) is 29.1. The molecule has 5 aromatic rings. The largest absolute Gasteiger partial charge is 0.453 e. The van der Waals surface area contributed by atoms with Crippen LogP contribution in [0.5, 0.6) is 0 Å². The highest BCUT2D eigenvalue weighted by Gasteiger charge is 2.36. The summed E-state index contributed by atoms with van der Waals surface area (Å²) in [5.41, 5.74) is 5.64. The number of pyridine rings is 3. The molecule has 0 bridgehead atoms. The van der Waals surface area contributed by atoms with Crippen LogP contribution in [0.2, 0.25) is 5.02 Å². The normalized spacial score (nSPS) is 18.7. The van der Waals surface area contributed by atoms with E-state index in [9.17, 15) is 4.79 Å². The molecule has 0 aliphatic carbocycles. The number of carbonyl (C=O) groups excluding carboxylic acids is 1. The molecule has 8 nitrogen and oxygen atoms in total. The number of rotatable bonds is 4. The molecule has 7 rings (SSSR count). The predicted octanol–water partition coefficient (Wildman–Crippen LogP) is 7.16. The molecule has 0 spiro atoms. The zero-order valence-corrected chi connectivity index (χ0v) is 25.1. The standard InChI is InChI=1S/C33H32ClFN6O2/c1-18-7-4-9-21(27(18)34)30-28(35)31-23(17-37-30)32-22(29(39-31)24-10-5-8-19(2)38-24)15-26(41(32)20-12-13-36-16-20)25-11-6-14-40(25)33(42)43-3/h4-5,7-10,15,17,20,25,36H,6,11-14,16H2,1-3H3. The van der Waals surface area contributed by atoms with E-state index in [1.54, 1.807) is 17.2 Å². The molecule has 0 radical (unpaired) electrons. The van der Waals surface area contributed by atoms with Crippen LogP contribution in [0.15, 0.2) is 48.7 Å². The van der Waals surface area contributed by atoms with Crippen molar-refractivity contribution in [2.24, 2.45) is 0 Å². The third-order valence-corrected chi connectivity index (χ3v) is 9.28. The average molecular weight is 599 g/mol. The van der Waals surface area contributed by atoms with Crippen LogP contribution >= 0.6 is 11.6 Å². The van der Waals surface area contributed by atoms with E-state index in [1.165, 1.54) is 7.11 Å². The number of nitrogens with zero attached hydrogens (tertiary/aromatic N) is 5. The summed E-state index contributed by atoms with van der Waals surface area (Å²) < 4.78 is 24.2. The lowest BCUT2D eigenvalue weighted by Gasteiger charge is -2.27. The van der Waals surface area contributed by atoms with Gasteiger partial charge in [0.05, 0.1) is 35.1 Å². The molecule has 220 valence electrons. The van der Waals surface area contributed by atoms with Gasteiger partial charge in [-0.1, -0.05) is 35.9 Å². The number of halogens is 2. The van der Waals surface area contributed by atoms with Gasteiger partial charge in [-0.3, -0.25) is 14.9 Å². The van der Waals surface area contributed by atoms with Gasteiger partial charge >= 0.3 is 6.09 Å². The molecule has 4 aromatic heterocycles. The highest BCUT2D eigenvalue weighted by molar-refractivity contribution is 6.34. The van der Waals surface area contributed by atoms with Gasteiger partial charge in [-0.05, 0) is 63.4 Å². The molecule has 2 fully saturated rings. The number of hydrogen-bond acceptors (Lipinski definition) is 6. The minimum atomic E-state index is -0.531. The Morgan fingerprint density at radius 1 is 1.09 bits per heavy atom. The Hall–Kier alpha value is -4.08. The minimum absolute atomic E-state index is 0.102. The number of methoxy groups -OCH3 is 1. The molecule has 1 aromatic carbocycles. The summed E-state index contributed by atoms with van der Waals surface area (Å²) in [6, 6.07) is 13.3. The van der Waals surface area contributed by atoms with Crippen molar-refractivity contribution in [3.63, 3.8) is 0 Å². The van der Waals surface area contributed by atoms with Crippen molar-refractivity contribution in [3.05, 3.63) is 76.5 Å². The maximum atomic E-state index is 16.7. The van der Waals surface area contributed by atoms with Crippen LogP contribution in [0.25, 0.3) is 44.5 Å². The summed E-state index contributed by atoms with van der Waals surface area (Å²) in [7, 11) is 1.42. The smallest absolute Gasteiger partial charge is 0.410 e. The Bertz CT molecular complexity index is 1900. The van der Waals surface area contributed by atoms with Crippen molar-refractivity contribution >= 4 is 39.5 Å². The number of aryl methyl sites for hydroxylation is 2. The van der Waals surface area contributed by atoms with Crippen LogP contribution in [0.3, 0.4) is 0 Å². The van der Waals surface area contributed by atoms with Gasteiger partial charge in [0.1, 0.15) is 11.2 Å². The van der Waals surface area contributed by atoms with E-state index < -0.39 is 5.82 Å². The first kappa shape index (κ1) is 27.7. The maximum Gasteiger partial charge on any atom is 0.410 e. The van der Waals surface area contributed by atoms with E-state index in [-0.39, 0.29) is 29.4 Å². The molecule has 6 heterocycles. The monoisotopic (exact) mass is 598 g/mol. The van der Waals surface area contributed by atoms with Gasteiger partial charge in [0.15, 0.2) is 5.82 Å². The number of hydrogen-bond donors (Lipinski definition) is 1. The van der Waals surface area contributed by atoms with E-state index in [0.717, 1.165) is 60.2 Å². The number of likely N-dealkylation sites (tertiary alicyclic amines) is 1. The zero-order chi connectivity index (χ0) is 29.8. The van der Waals surface area contributed by atoms with Crippen LogP contribution in [0, 0.1) is 19.7 Å². The Kier molecular flexibility index (Phi) is 7.02. The lowest BCUT2D eigenvalue weighted by Crippen LogP contribution is -2.32. The van der Waals surface area contributed by atoms with Gasteiger partial charge in [-0.2, -0.15) is 0 Å². The first-order valence-corrected chi connectivity index (χ1v) is 15.0. The van der Waals surface area contributed by atoms with Gasteiger partial charge < -0.3 is 14.6 Å². The Morgan fingerprint density at radius 3 is 2.70 bits per heavy atom. The van der Waals surface area contributed by atoms with Crippen LogP contribution in [0.1, 0.15) is 48.3 Å². The number of benzene rings is 1. The van der Waals surface area contributed by atoms with Crippen LogP contribution in [-0.4, -0.2) is 57.3 Å². The first-order valence-electron chi connectivity index (χ1n) is 14.6. The highest BCUT2D eigenvalue weighted by Crippen LogP contribution is 2.44. The van der Waals surface area contributed by atoms with Crippen LogP contribution in [-0.2, 0) is 4.74 Å². The van der Waals surface area contributed by atoms with E-state index in [1.807, 2.05) is 44.2 Å². The molecular formula is C33H32ClFN6O2. The topological polar surface area (TPSA) is 85.2 Å². The second-order valence-electron chi connectivity index (χ2n) is 11.4.